The second-order valence-electron chi connectivity index (χ2n) is 7.57. The summed E-state index contributed by atoms with van der Waals surface area (Å²) in [5.74, 6) is 0.320. The number of amides is 1. The minimum atomic E-state index is -0.164. The topological polar surface area (TPSA) is 55.8 Å². The molecule has 1 amide bonds. The number of phenolic OH excluding ortho intramolecular Hbond substituents is 1. The normalized spacial score (nSPS) is 14.6. The molecule has 4 rings (SSSR count). The summed E-state index contributed by atoms with van der Waals surface area (Å²) in [7, 11) is 0. The van der Waals surface area contributed by atoms with Gasteiger partial charge in [-0.3, -0.25) is 9.69 Å². The van der Waals surface area contributed by atoms with E-state index in [1.807, 2.05) is 78.9 Å². The number of anilines is 1. The van der Waals surface area contributed by atoms with Gasteiger partial charge in [-0.05, 0) is 23.3 Å². The fourth-order valence-electron chi connectivity index (χ4n) is 3.94. The number of carbonyl (C=O) groups is 1. The van der Waals surface area contributed by atoms with Crippen molar-refractivity contribution in [2.24, 2.45) is 0 Å². The highest BCUT2D eigenvalue weighted by atomic mass is 16.3. The van der Waals surface area contributed by atoms with Crippen LogP contribution in [0.15, 0.2) is 84.9 Å². The molecule has 0 unspecified atom stereocenters. The molecule has 2 N–H and O–H groups in total. The third-order valence-corrected chi connectivity index (χ3v) is 5.53. The molecule has 1 aliphatic rings. The van der Waals surface area contributed by atoms with Crippen LogP contribution in [-0.4, -0.2) is 48.6 Å². The Morgan fingerprint density at radius 3 is 1.90 bits per heavy atom. The molecule has 0 radical (unpaired) electrons. The number of aromatic hydroxyl groups is 1. The van der Waals surface area contributed by atoms with Crippen molar-refractivity contribution in [1.82, 2.24) is 10.2 Å². The Labute approximate surface area is 177 Å². The minimum Gasteiger partial charge on any atom is -0.506 e. The predicted octanol–water partition coefficient (Wildman–Crippen LogP) is 3.42. The van der Waals surface area contributed by atoms with Crippen molar-refractivity contribution in [2.75, 3.05) is 37.6 Å². The summed E-state index contributed by atoms with van der Waals surface area (Å²) < 4.78 is 0. The van der Waals surface area contributed by atoms with Crippen LogP contribution in [0.2, 0.25) is 0 Å². The minimum absolute atomic E-state index is 0.0173. The molecule has 1 heterocycles. The van der Waals surface area contributed by atoms with Gasteiger partial charge in [-0.1, -0.05) is 72.8 Å². The SMILES string of the molecule is O=C(CN1CCN(c2ccccc2O)CC1)NC(c1ccccc1)c1ccccc1. The third-order valence-electron chi connectivity index (χ3n) is 5.53. The fraction of sp³-hybridized carbons (Fsp3) is 0.240. The van der Waals surface area contributed by atoms with Crippen molar-refractivity contribution in [3.05, 3.63) is 96.1 Å². The lowest BCUT2D eigenvalue weighted by Crippen LogP contribution is -2.49. The molecule has 0 aliphatic carbocycles. The zero-order valence-electron chi connectivity index (χ0n) is 16.9. The third kappa shape index (κ3) is 4.81. The number of benzene rings is 3. The van der Waals surface area contributed by atoms with Crippen LogP contribution in [-0.2, 0) is 4.79 Å². The highest BCUT2D eigenvalue weighted by molar-refractivity contribution is 5.79. The van der Waals surface area contributed by atoms with Gasteiger partial charge >= 0.3 is 0 Å². The molecular weight excluding hydrogens is 374 g/mol. The fourth-order valence-corrected chi connectivity index (χ4v) is 3.94. The molecule has 0 bridgehead atoms. The van der Waals surface area contributed by atoms with Gasteiger partial charge in [-0.25, -0.2) is 0 Å². The van der Waals surface area contributed by atoms with E-state index < -0.39 is 0 Å². The first-order valence-electron chi connectivity index (χ1n) is 10.4. The van der Waals surface area contributed by atoms with E-state index in [2.05, 4.69) is 15.1 Å². The van der Waals surface area contributed by atoms with Gasteiger partial charge in [-0.2, -0.15) is 0 Å². The second-order valence-corrected chi connectivity index (χ2v) is 7.57. The Balaban J connectivity index is 1.37. The number of rotatable bonds is 6. The highest BCUT2D eigenvalue weighted by Crippen LogP contribution is 2.27. The summed E-state index contributed by atoms with van der Waals surface area (Å²) in [6, 6.07) is 27.4. The highest BCUT2D eigenvalue weighted by Gasteiger charge is 2.22. The smallest absolute Gasteiger partial charge is 0.234 e. The van der Waals surface area contributed by atoms with Crippen LogP contribution in [0.5, 0.6) is 5.75 Å². The first-order valence-corrected chi connectivity index (χ1v) is 10.4. The molecule has 1 aliphatic heterocycles. The van der Waals surface area contributed by atoms with Gasteiger partial charge in [0.05, 0.1) is 18.3 Å². The van der Waals surface area contributed by atoms with Crippen LogP contribution in [0.25, 0.3) is 0 Å². The van der Waals surface area contributed by atoms with E-state index in [0.29, 0.717) is 12.3 Å². The summed E-state index contributed by atoms with van der Waals surface area (Å²) in [5.41, 5.74) is 3.00. The Morgan fingerprint density at radius 2 is 1.33 bits per heavy atom. The van der Waals surface area contributed by atoms with Crippen molar-refractivity contribution < 1.29 is 9.90 Å². The Kier molecular flexibility index (Phi) is 6.30. The summed E-state index contributed by atoms with van der Waals surface area (Å²) >= 11 is 0. The summed E-state index contributed by atoms with van der Waals surface area (Å²) in [5, 5.41) is 13.3. The van der Waals surface area contributed by atoms with E-state index in [-0.39, 0.29) is 11.9 Å². The van der Waals surface area contributed by atoms with Gasteiger partial charge < -0.3 is 15.3 Å². The molecule has 5 nitrogen and oxygen atoms in total. The first kappa shape index (κ1) is 20.0. The standard InChI is InChI=1S/C25H27N3O2/c29-23-14-8-7-13-22(23)28-17-15-27(16-18-28)19-24(30)26-25(20-9-3-1-4-10-20)21-11-5-2-6-12-21/h1-14,25,29H,15-19H2,(H,26,30). The van der Waals surface area contributed by atoms with Gasteiger partial charge in [0.15, 0.2) is 0 Å². The molecule has 30 heavy (non-hydrogen) atoms. The number of hydrogen-bond acceptors (Lipinski definition) is 4. The summed E-state index contributed by atoms with van der Waals surface area (Å²) in [6.45, 7) is 3.49. The molecule has 0 atom stereocenters. The monoisotopic (exact) mass is 401 g/mol. The number of nitrogens with one attached hydrogen (secondary N) is 1. The van der Waals surface area contributed by atoms with Crippen molar-refractivity contribution in [3.8, 4) is 5.75 Å². The number of piperazine rings is 1. The molecule has 3 aromatic carbocycles. The van der Waals surface area contributed by atoms with E-state index in [0.717, 1.165) is 43.0 Å². The van der Waals surface area contributed by atoms with Crippen LogP contribution >= 0.6 is 0 Å². The maximum absolute atomic E-state index is 12.9. The zero-order chi connectivity index (χ0) is 20.8. The maximum Gasteiger partial charge on any atom is 0.234 e. The van der Waals surface area contributed by atoms with Crippen molar-refractivity contribution in [2.45, 2.75) is 6.04 Å². The van der Waals surface area contributed by atoms with E-state index in [9.17, 15) is 9.90 Å². The van der Waals surface area contributed by atoms with Gasteiger partial charge in [0.1, 0.15) is 5.75 Å². The average Bonchev–Trinajstić information content (AvgIpc) is 2.80. The van der Waals surface area contributed by atoms with Crippen molar-refractivity contribution in [1.29, 1.82) is 0 Å². The number of carbonyl (C=O) groups excluding carboxylic acids is 1. The molecule has 5 heteroatoms. The molecule has 154 valence electrons. The molecule has 3 aromatic rings. The Hall–Kier alpha value is -3.31. The van der Waals surface area contributed by atoms with Gasteiger partial charge in [0.2, 0.25) is 5.91 Å². The van der Waals surface area contributed by atoms with Crippen LogP contribution in [0.3, 0.4) is 0 Å². The number of nitrogens with zero attached hydrogens (tertiary/aromatic N) is 2. The molecular formula is C25H27N3O2. The van der Waals surface area contributed by atoms with Gasteiger partial charge in [-0.15, -0.1) is 0 Å². The van der Waals surface area contributed by atoms with Crippen molar-refractivity contribution in [3.63, 3.8) is 0 Å². The van der Waals surface area contributed by atoms with Gasteiger partial charge in [0.25, 0.3) is 0 Å². The van der Waals surface area contributed by atoms with Crippen LogP contribution in [0.4, 0.5) is 5.69 Å². The van der Waals surface area contributed by atoms with Crippen LogP contribution in [0, 0.1) is 0 Å². The van der Waals surface area contributed by atoms with E-state index >= 15 is 0 Å². The lowest BCUT2D eigenvalue weighted by molar-refractivity contribution is -0.122. The maximum atomic E-state index is 12.9. The summed E-state index contributed by atoms with van der Waals surface area (Å²) in [4.78, 5) is 17.2. The van der Waals surface area contributed by atoms with E-state index in [1.54, 1.807) is 6.07 Å². The first-order chi connectivity index (χ1) is 14.7. The van der Waals surface area contributed by atoms with Crippen LogP contribution in [0.1, 0.15) is 17.2 Å². The molecule has 0 saturated carbocycles. The predicted molar refractivity (Wildman–Crippen MR) is 120 cm³/mol. The zero-order valence-corrected chi connectivity index (χ0v) is 16.9. The molecule has 0 aromatic heterocycles. The lowest BCUT2D eigenvalue weighted by atomic mass is 9.99. The molecule has 1 fully saturated rings. The number of para-hydroxylation sites is 2. The molecule has 1 saturated heterocycles. The molecule has 0 spiro atoms. The Morgan fingerprint density at radius 1 is 0.800 bits per heavy atom. The van der Waals surface area contributed by atoms with E-state index in [4.69, 9.17) is 0 Å². The van der Waals surface area contributed by atoms with Crippen LogP contribution < -0.4 is 10.2 Å². The lowest BCUT2D eigenvalue weighted by Gasteiger charge is -2.36. The van der Waals surface area contributed by atoms with Crippen molar-refractivity contribution >= 4 is 11.6 Å². The Bertz CT molecular complexity index is 915. The number of hydrogen-bond donors (Lipinski definition) is 2. The second kappa shape index (κ2) is 9.46. The largest absolute Gasteiger partial charge is 0.506 e. The van der Waals surface area contributed by atoms with Gasteiger partial charge in [0, 0.05) is 26.2 Å². The quantitative estimate of drug-likeness (QED) is 0.665. The summed E-state index contributed by atoms with van der Waals surface area (Å²) in [6.07, 6.45) is 0. The number of phenols is 1. The van der Waals surface area contributed by atoms with E-state index in [1.165, 1.54) is 0 Å². The average molecular weight is 402 g/mol.